The second-order valence-corrected chi connectivity index (χ2v) is 14.8. The van der Waals surface area contributed by atoms with E-state index in [0.29, 0.717) is 23.7 Å². The van der Waals surface area contributed by atoms with E-state index in [-0.39, 0.29) is 12.0 Å². The third-order valence-corrected chi connectivity index (χ3v) is 7.69. The molecule has 0 spiro atoms. The first-order chi connectivity index (χ1) is 25.8. The van der Waals surface area contributed by atoms with Gasteiger partial charge in [0.05, 0.1) is 25.7 Å². The quantitative estimate of drug-likeness (QED) is 0.111. The maximum atomic E-state index is 13.3. The molecule has 3 aromatic carbocycles. The van der Waals surface area contributed by atoms with E-state index in [2.05, 4.69) is 16.0 Å². The van der Waals surface area contributed by atoms with E-state index in [4.69, 9.17) is 23.7 Å². The molecule has 0 aliphatic carbocycles. The van der Waals surface area contributed by atoms with Crippen LogP contribution in [0.5, 0.6) is 11.5 Å². The summed E-state index contributed by atoms with van der Waals surface area (Å²) in [4.78, 5) is 64.7. The minimum atomic E-state index is -1.48. The van der Waals surface area contributed by atoms with Gasteiger partial charge in [-0.3, -0.25) is 14.4 Å². The van der Waals surface area contributed by atoms with Crippen molar-refractivity contribution >= 4 is 29.8 Å². The van der Waals surface area contributed by atoms with Crippen LogP contribution in [-0.2, 0) is 41.6 Å². The Balaban J connectivity index is 1.73. The zero-order valence-corrected chi connectivity index (χ0v) is 32.7. The van der Waals surface area contributed by atoms with E-state index < -0.39 is 78.3 Å². The van der Waals surface area contributed by atoms with Gasteiger partial charge in [-0.15, -0.1) is 0 Å². The summed E-state index contributed by atoms with van der Waals surface area (Å²) in [7, 11) is 1.49. The molecule has 298 valence electrons. The number of benzene rings is 3. The van der Waals surface area contributed by atoms with Gasteiger partial charge >= 0.3 is 18.0 Å². The van der Waals surface area contributed by atoms with Crippen molar-refractivity contribution in [2.24, 2.45) is 0 Å². The molecule has 0 heterocycles. The zero-order valence-electron chi connectivity index (χ0n) is 32.7. The Bertz CT molecular complexity index is 1720. The van der Waals surface area contributed by atoms with E-state index in [1.807, 2.05) is 30.3 Å². The number of alkyl carbamates (subject to hydrolysis) is 1. The molecule has 0 aliphatic heterocycles. The van der Waals surface area contributed by atoms with Gasteiger partial charge in [-0.05, 0) is 102 Å². The highest BCUT2D eigenvalue weighted by Gasteiger charge is 2.35. The first kappa shape index (κ1) is 43.8. The molecule has 3 amide bonds. The number of rotatable bonds is 17. The first-order valence-corrected chi connectivity index (χ1v) is 17.9. The number of hydrogen-bond acceptors (Lipinski definition) is 11. The Morgan fingerprint density at radius 1 is 0.745 bits per heavy atom. The van der Waals surface area contributed by atoms with Gasteiger partial charge in [-0.1, -0.05) is 42.5 Å². The molecule has 0 fully saturated rings. The number of carbonyl (C=O) groups is 5. The first-order valence-electron chi connectivity index (χ1n) is 17.9. The lowest BCUT2D eigenvalue weighted by Crippen LogP contribution is -2.52. The molecule has 0 saturated heterocycles. The number of methoxy groups -OCH3 is 1. The van der Waals surface area contributed by atoms with Crippen molar-refractivity contribution in [3.05, 3.63) is 95.6 Å². The lowest BCUT2D eigenvalue weighted by atomic mass is 9.99. The van der Waals surface area contributed by atoms with Gasteiger partial charge in [0, 0.05) is 5.56 Å². The van der Waals surface area contributed by atoms with Crippen LogP contribution in [0, 0.1) is 0 Å². The van der Waals surface area contributed by atoms with Crippen molar-refractivity contribution in [1.29, 1.82) is 0 Å². The van der Waals surface area contributed by atoms with Crippen LogP contribution in [-0.4, -0.2) is 84.1 Å². The highest BCUT2D eigenvalue weighted by molar-refractivity contribution is 5.97. The zero-order chi connectivity index (χ0) is 40.8. The summed E-state index contributed by atoms with van der Waals surface area (Å²) >= 11 is 0. The molecule has 4 atom stereocenters. The van der Waals surface area contributed by atoms with E-state index in [1.165, 1.54) is 26.2 Å². The fourth-order valence-electron chi connectivity index (χ4n) is 5.06. The number of hydrogen-bond donors (Lipinski definition) is 4. The minimum Gasteiger partial charge on any atom is -0.497 e. The van der Waals surface area contributed by atoms with Gasteiger partial charge in [-0.2, -0.15) is 0 Å². The molecule has 0 bridgehead atoms. The molecule has 0 radical (unpaired) electrons. The lowest BCUT2D eigenvalue weighted by Gasteiger charge is -2.29. The number of aliphatic hydroxyl groups is 1. The van der Waals surface area contributed by atoms with Crippen molar-refractivity contribution in [3.63, 3.8) is 0 Å². The van der Waals surface area contributed by atoms with Crippen LogP contribution in [0.2, 0.25) is 0 Å². The Kier molecular flexibility index (Phi) is 16.0. The predicted octanol–water partition coefficient (Wildman–Crippen LogP) is 4.65. The smallest absolute Gasteiger partial charge is 0.408 e. The second-order valence-electron chi connectivity index (χ2n) is 14.8. The minimum absolute atomic E-state index is 0.0829. The van der Waals surface area contributed by atoms with E-state index in [9.17, 15) is 29.1 Å². The summed E-state index contributed by atoms with van der Waals surface area (Å²) in [5.41, 5.74) is 0.212. The Morgan fingerprint density at radius 3 is 1.93 bits per heavy atom. The standard InChI is InChI=1S/C41H53N3O11/c1-26(36(38(49)54-40(2,3)4)44-37(48)29-16-20-30(51-8)21-17-29)53-35(47)23-33(45)32(43-34(46)24-42-39(50)55-41(5,6)7)22-27-14-18-31(19-15-27)52-25-28-12-10-9-11-13-28/h9-21,26,32-33,36,45H,22-25H2,1-8H3,(H,42,50)(H,43,46)(H,44,48)/t26-,32+,33-,36+/m1/s1. The van der Waals surface area contributed by atoms with Crippen molar-refractivity contribution in [3.8, 4) is 11.5 Å². The third-order valence-electron chi connectivity index (χ3n) is 7.69. The van der Waals surface area contributed by atoms with Crippen LogP contribution < -0.4 is 25.4 Å². The molecule has 55 heavy (non-hydrogen) atoms. The molecular formula is C41H53N3O11. The normalized spacial score (nSPS) is 13.5. The summed E-state index contributed by atoms with van der Waals surface area (Å²) < 4.78 is 27.3. The number of ether oxygens (including phenoxy) is 5. The van der Waals surface area contributed by atoms with Crippen LogP contribution >= 0.6 is 0 Å². The molecule has 0 aliphatic rings. The maximum absolute atomic E-state index is 13.3. The van der Waals surface area contributed by atoms with Gasteiger partial charge < -0.3 is 44.7 Å². The Labute approximate surface area is 322 Å². The van der Waals surface area contributed by atoms with Crippen LogP contribution in [0.25, 0.3) is 0 Å². The molecule has 0 saturated carbocycles. The average Bonchev–Trinajstić information content (AvgIpc) is 3.11. The predicted molar refractivity (Wildman–Crippen MR) is 203 cm³/mol. The van der Waals surface area contributed by atoms with Gasteiger partial charge in [0.1, 0.15) is 42.0 Å². The molecule has 3 rings (SSSR count). The highest BCUT2D eigenvalue weighted by Crippen LogP contribution is 2.19. The summed E-state index contributed by atoms with van der Waals surface area (Å²) in [6.07, 6.45) is -4.03. The molecule has 4 N–H and O–H groups in total. The van der Waals surface area contributed by atoms with E-state index in [0.717, 1.165) is 5.56 Å². The van der Waals surface area contributed by atoms with Crippen molar-refractivity contribution in [2.45, 2.75) is 103 Å². The summed E-state index contributed by atoms with van der Waals surface area (Å²) in [5, 5.41) is 19.0. The molecule has 3 aromatic rings. The molecule has 14 nitrogen and oxygen atoms in total. The lowest BCUT2D eigenvalue weighted by molar-refractivity contribution is -0.165. The van der Waals surface area contributed by atoms with Crippen molar-refractivity contribution < 1.29 is 52.8 Å². The third kappa shape index (κ3) is 16.1. The largest absolute Gasteiger partial charge is 0.497 e. The topological polar surface area (TPSA) is 188 Å². The van der Waals surface area contributed by atoms with Gasteiger partial charge in [0.15, 0.2) is 6.04 Å². The van der Waals surface area contributed by atoms with Gasteiger partial charge in [-0.25, -0.2) is 9.59 Å². The fourth-order valence-corrected chi connectivity index (χ4v) is 5.06. The summed E-state index contributed by atoms with van der Waals surface area (Å²) in [6.45, 7) is 11.3. The van der Waals surface area contributed by atoms with Crippen molar-refractivity contribution in [1.82, 2.24) is 16.0 Å². The van der Waals surface area contributed by atoms with E-state index in [1.54, 1.807) is 77.9 Å². The van der Waals surface area contributed by atoms with Crippen LogP contribution in [0.4, 0.5) is 4.79 Å². The average molecular weight is 764 g/mol. The van der Waals surface area contributed by atoms with E-state index >= 15 is 0 Å². The summed E-state index contributed by atoms with van der Waals surface area (Å²) in [6, 6.07) is 20.4. The maximum Gasteiger partial charge on any atom is 0.408 e. The highest BCUT2D eigenvalue weighted by atomic mass is 16.6. The number of amides is 3. The molecular weight excluding hydrogens is 710 g/mol. The second kappa shape index (κ2) is 20.2. The molecule has 0 unspecified atom stereocenters. The van der Waals surface area contributed by atoms with Gasteiger partial charge in [0.25, 0.3) is 5.91 Å². The molecule has 14 heteroatoms. The number of esters is 2. The van der Waals surface area contributed by atoms with Crippen LogP contribution in [0.1, 0.15) is 76.4 Å². The fraction of sp³-hybridized carbons (Fsp3) is 0.439. The Morgan fingerprint density at radius 2 is 1.35 bits per heavy atom. The Hall–Kier alpha value is -5.63. The monoisotopic (exact) mass is 763 g/mol. The number of aliphatic hydroxyl groups excluding tert-OH is 1. The number of carbonyl (C=O) groups excluding carboxylic acids is 5. The molecule has 0 aromatic heterocycles. The number of nitrogens with one attached hydrogen (secondary N) is 3. The van der Waals surface area contributed by atoms with Crippen LogP contribution in [0.15, 0.2) is 78.9 Å². The SMILES string of the molecule is COc1ccc(C(=O)N[C@H](C(=O)OC(C)(C)C)[C@@H](C)OC(=O)C[C@@H](O)[C@H](Cc2ccc(OCc3ccccc3)cc2)NC(=O)CNC(=O)OC(C)(C)C)cc1. The van der Waals surface area contributed by atoms with Crippen LogP contribution in [0.3, 0.4) is 0 Å². The summed E-state index contributed by atoms with van der Waals surface area (Å²) in [5.74, 6) is -1.89. The van der Waals surface area contributed by atoms with Crippen molar-refractivity contribution in [2.75, 3.05) is 13.7 Å². The van der Waals surface area contributed by atoms with Gasteiger partial charge in [0.2, 0.25) is 5.91 Å².